The zero-order valence-corrected chi connectivity index (χ0v) is 13.4. The third-order valence-electron chi connectivity index (χ3n) is 3.28. The molecule has 1 saturated carbocycles. The number of hydrogen-bond acceptors (Lipinski definition) is 4. The number of rotatable bonds is 4. The van der Waals surface area contributed by atoms with Gasteiger partial charge in [-0.05, 0) is 36.1 Å². The largest absolute Gasteiger partial charge is 0.484 e. The van der Waals surface area contributed by atoms with E-state index in [-0.39, 0.29) is 23.7 Å². The van der Waals surface area contributed by atoms with E-state index >= 15 is 0 Å². The molecule has 0 atom stereocenters. The van der Waals surface area contributed by atoms with Gasteiger partial charge in [-0.2, -0.15) is 5.10 Å². The fraction of sp³-hybridized carbons (Fsp3) is 0.438. The molecule has 0 aromatic heterocycles. The van der Waals surface area contributed by atoms with Crippen molar-refractivity contribution in [1.82, 2.24) is 5.43 Å². The van der Waals surface area contributed by atoms with Crippen LogP contribution in [-0.4, -0.2) is 24.0 Å². The summed E-state index contributed by atoms with van der Waals surface area (Å²) in [7, 11) is 0. The minimum atomic E-state index is -0.363. The SMILES string of the molecule is CC1(C)CC(=O)CC(=NNC(=O)COc2ccc(Cl)cc2)C1. The van der Waals surface area contributed by atoms with Crippen LogP contribution in [0, 0.1) is 5.41 Å². The molecular weight excluding hydrogens is 304 g/mol. The summed E-state index contributed by atoms with van der Waals surface area (Å²) in [6, 6.07) is 6.74. The van der Waals surface area contributed by atoms with Gasteiger partial charge < -0.3 is 4.74 Å². The molecule has 0 unspecified atom stereocenters. The number of carbonyl (C=O) groups excluding carboxylic acids is 2. The van der Waals surface area contributed by atoms with Gasteiger partial charge in [0.1, 0.15) is 11.5 Å². The summed E-state index contributed by atoms with van der Waals surface area (Å²) in [5, 5.41) is 4.66. The maximum Gasteiger partial charge on any atom is 0.277 e. The van der Waals surface area contributed by atoms with E-state index in [9.17, 15) is 9.59 Å². The van der Waals surface area contributed by atoms with Crippen LogP contribution in [0.5, 0.6) is 5.75 Å². The van der Waals surface area contributed by atoms with Gasteiger partial charge in [-0.1, -0.05) is 25.4 Å². The first-order valence-corrected chi connectivity index (χ1v) is 7.46. The lowest BCUT2D eigenvalue weighted by atomic mass is 9.76. The zero-order valence-electron chi connectivity index (χ0n) is 12.7. The average molecular weight is 323 g/mol. The Morgan fingerprint density at radius 3 is 2.64 bits per heavy atom. The summed E-state index contributed by atoms with van der Waals surface area (Å²) in [6.45, 7) is 3.89. The van der Waals surface area contributed by atoms with Crippen LogP contribution < -0.4 is 10.2 Å². The van der Waals surface area contributed by atoms with Crippen molar-refractivity contribution in [1.29, 1.82) is 0 Å². The molecule has 2 rings (SSSR count). The number of hydrogen-bond donors (Lipinski definition) is 1. The van der Waals surface area contributed by atoms with Crippen LogP contribution in [0.25, 0.3) is 0 Å². The molecule has 0 aliphatic heterocycles. The lowest BCUT2D eigenvalue weighted by Crippen LogP contribution is -2.32. The van der Waals surface area contributed by atoms with Crippen LogP contribution in [0.15, 0.2) is 29.4 Å². The smallest absolute Gasteiger partial charge is 0.277 e. The van der Waals surface area contributed by atoms with Gasteiger partial charge in [-0.25, -0.2) is 5.43 Å². The second-order valence-corrected chi connectivity index (χ2v) is 6.63. The predicted molar refractivity (Wildman–Crippen MR) is 85.2 cm³/mol. The van der Waals surface area contributed by atoms with Crippen LogP contribution >= 0.6 is 11.6 Å². The lowest BCUT2D eigenvalue weighted by Gasteiger charge is -2.28. The Morgan fingerprint density at radius 2 is 2.00 bits per heavy atom. The van der Waals surface area contributed by atoms with Gasteiger partial charge in [0.2, 0.25) is 0 Å². The van der Waals surface area contributed by atoms with Crippen molar-refractivity contribution in [3.63, 3.8) is 0 Å². The Kier molecular flexibility index (Phi) is 5.19. The average Bonchev–Trinajstić information content (AvgIpc) is 2.42. The summed E-state index contributed by atoms with van der Waals surface area (Å²) < 4.78 is 5.32. The first-order valence-electron chi connectivity index (χ1n) is 7.08. The molecule has 0 radical (unpaired) electrons. The van der Waals surface area contributed by atoms with E-state index in [1.165, 1.54) is 0 Å². The summed E-state index contributed by atoms with van der Waals surface area (Å²) in [5.41, 5.74) is 3.05. The molecule has 0 saturated heterocycles. The first kappa shape index (κ1) is 16.5. The first-order chi connectivity index (χ1) is 10.3. The molecule has 1 aromatic rings. The number of ketones is 1. The molecule has 5 nitrogen and oxygen atoms in total. The molecule has 1 aromatic carbocycles. The van der Waals surface area contributed by atoms with E-state index in [1.807, 2.05) is 13.8 Å². The van der Waals surface area contributed by atoms with Crippen molar-refractivity contribution in [2.75, 3.05) is 6.61 Å². The van der Waals surface area contributed by atoms with Crippen LogP contribution in [0.4, 0.5) is 0 Å². The molecule has 22 heavy (non-hydrogen) atoms. The topological polar surface area (TPSA) is 67.8 Å². The molecule has 1 N–H and O–H groups in total. The third kappa shape index (κ3) is 5.15. The van der Waals surface area contributed by atoms with E-state index < -0.39 is 0 Å². The van der Waals surface area contributed by atoms with Crippen LogP contribution in [0.3, 0.4) is 0 Å². The molecule has 0 spiro atoms. The Bertz CT molecular complexity index is 594. The molecule has 1 amide bonds. The lowest BCUT2D eigenvalue weighted by molar-refractivity contribution is -0.123. The maximum absolute atomic E-state index is 11.7. The van der Waals surface area contributed by atoms with Gasteiger partial charge in [0, 0.05) is 23.6 Å². The van der Waals surface area contributed by atoms with Crippen LogP contribution in [-0.2, 0) is 9.59 Å². The van der Waals surface area contributed by atoms with E-state index in [4.69, 9.17) is 16.3 Å². The van der Waals surface area contributed by atoms with Crippen molar-refractivity contribution in [3.8, 4) is 5.75 Å². The highest BCUT2D eigenvalue weighted by molar-refractivity contribution is 6.30. The van der Waals surface area contributed by atoms with Gasteiger partial charge in [0.25, 0.3) is 5.91 Å². The number of nitrogens with one attached hydrogen (secondary N) is 1. The zero-order chi connectivity index (χ0) is 16.2. The molecule has 1 fully saturated rings. The number of benzene rings is 1. The highest BCUT2D eigenvalue weighted by atomic mass is 35.5. The van der Waals surface area contributed by atoms with Gasteiger partial charge in [-0.3, -0.25) is 9.59 Å². The molecule has 118 valence electrons. The Hall–Kier alpha value is -1.88. The number of Topliss-reactive ketones (excluding diaryl/α,β-unsaturated/α-hetero) is 1. The van der Waals surface area contributed by atoms with E-state index in [0.29, 0.717) is 35.7 Å². The monoisotopic (exact) mass is 322 g/mol. The Labute approximate surface area is 134 Å². The molecule has 1 aliphatic carbocycles. The quantitative estimate of drug-likeness (QED) is 0.866. The van der Waals surface area contributed by atoms with Crippen molar-refractivity contribution in [2.45, 2.75) is 33.1 Å². The Balaban J connectivity index is 1.83. The number of halogens is 1. The minimum absolute atomic E-state index is 0.0985. The summed E-state index contributed by atoms with van der Waals surface area (Å²) in [6.07, 6.45) is 1.57. The van der Waals surface area contributed by atoms with Gasteiger partial charge in [0.05, 0.1) is 0 Å². The number of carbonyl (C=O) groups is 2. The third-order valence-corrected chi connectivity index (χ3v) is 3.53. The van der Waals surface area contributed by atoms with E-state index in [2.05, 4.69) is 10.5 Å². The summed E-state index contributed by atoms with van der Waals surface area (Å²) in [4.78, 5) is 23.4. The molecular formula is C16H19ClN2O3. The predicted octanol–water partition coefficient (Wildman–Crippen LogP) is 2.97. The van der Waals surface area contributed by atoms with Gasteiger partial charge >= 0.3 is 0 Å². The fourth-order valence-corrected chi connectivity index (χ4v) is 2.56. The van der Waals surface area contributed by atoms with Crippen molar-refractivity contribution in [3.05, 3.63) is 29.3 Å². The highest BCUT2D eigenvalue weighted by Gasteiger charge is 2.30. The fourth-order valence-electron chi connectivity index (χ4n) is 2.43. The number of amides is 1. The maximum atomic E-state index is 11.7. The Morgan fingerprint density at radius 1 is 1.32 bits per heavy atom. The normalized spacial score (nSPS) is 19.0. The summed E-state index contributed by atoms with van der Waals surface area (Å²) in [5.74, 6) is 0.348. The van der Waals surface area contributed by atoms with E-state index in [1.54, 1.807) is 24.3 Å². The van der Waals surface area contributed by atoms with E-state index in [0.717, 1.165) is 0 Å². The number of nitrogens with zero attached hydrogens (tertiary/aromatic N) is 1. The minimum Gasteiger partial charge on any atom is -0.484 e. The molecule has 0 heterocycles. The van der Waals surface area contributed by atoms with Crippen molar-refractivity contribution < 1.29 is 14.3 Å². The van der Waals surface area contributed by atoms with Crippen molar-refractivity contribution in [2.24, 2.45) is 10.5 Å². The highest BCUT2D eigenvalue weighted by Crippen LogP contribution is 2.31. The van der Waals surface area contributed by atoms with Crippen LogP contribution in [0.2, 0.25) is 5.02 Å². The number of ether oxygens (including phenoxy) is 1. The number of hydrazone groups is 1. The van der Waals surface area contributed by atoms with Gasteiger partial charge in [-0.15, -0.1) is 0 Å². The molecule has 1 aliphatic rings. The second-order valence-electron chi connectivity index (χ2n) is 6.19. The summed E-state index contributed by atoms with van der Waals surface area (Å²) >= 11 is 5.76. The molecule has 0 bridgehead atoms. The van der Waals surface area contributed by atoms with Crippen LogP contribution in [0.1, 0.15) is 33.1 Å². The molecule has 6 heteroatoms. The second kappa shape index (κ2) is 6.92. The standard InChI is InChI=1S/C16H19ClN2O3/c1-16(2)8-12(7-13(20)9-16)18-19-15(21)10-22-14-5-3-11(17)4-6-14/h3-6H,7-10H2,1-2H3,(H,19,21). The van der Waals surface area contributed by atoms with Gasteiger partial charge in [0.15, 0.2) is 6.61 Å². The van der Waals surface area contributed by atoms with Crippen molar-refractivity contribution >= 4 is 29.0 Å².